The van der Waals surface area contributed by atoms with Crippen molar-refractivity contribution >= 4 is 37.4 Å². The van der Waals surface area contributed by atoms with E-state index >= 15 is 0 Å². The highest BCUT2D eigenvalue weighted by molar-refractivity contribution is 9.08. The monoisotopic (exact) mass is 265 g/mol. The van der Waals surface area contributed by atoms with Crippen LogP contribution in [0.4, 0.5) is 0 Å². The highest BCUT2D eigenvalue weighted by Crippen LogP contribution is 2.29. The summed E-state index contributed by atoms with van der Waals surface area (Å²) < 4.78 is 1.20. The first kappa shape index (κ1) is 9.70. The first-order valence-corrected chi connectivity index (χ1v) is 6.23. The van der Waals surface area contributed by atoms with Gasteiger partial charge in [-0.3, -0.25) is 0 Å². The van der Waals surface area contributed by atoms with Gasteiger partial charge in [-0.05, 0) is 40.9 Å². The zero-order valence-corrected chi connectivity index (χ0v) is 10.1. The summed E-state index contributed by atoms with van der Waals surface area (Å²) in [5.74, 6) is 0. The minimum atomic E-state index is 0.737. The number of nitrogens with zero attached hydrogens (tertiary/aromatic N) is 1. The van der Waals surface area contributed by atoms with Gasteiger partial charge in [0.25, 0.3) is 0 Å². The number of alkyl halides is 1. The molecular weight excluding hydrogens is 258 g/mol. The number of hydrogen-bond donors (Lipinski definition) is 0. The summed E-state index contributed by atoms with van der Waals surface area (Å²) in [5.41, 5.74) is 3.13. The predicted molar refractivity (Wildman–Crippen MR) is 63.9 cm³/mol. The standard InChI is InChI=1S/C11H8BrNS/c1-7-6-14-11-3-9(5-13)8(4-12)2-10(7)11/h2-3,6H,4H2,1H3. The Bertz CT molecular complexity index is 522. The molecule has 0 spiro atoms. The van der Waals surface area contributed by atoms with Crippen LogP contribution in [0.25, 0.3) is 10.1 Å². The fourth-order valence-electron chi connectivity index (χ4n) is 1.46. The maximum atomic E-state index is 8.95. The number of fused-ring (bicyclic) bond motifs is 1. The fraction of sp³-hybridized carbons (Fsp3) is 0.182. The van der Waals surface area contributed by atoms with E-state index in [9.17, 15) is 0 Å². The van der Waals surface area contributed by atoms with Gasteiger partial charge in [0, 0.05) is 10.0 Å². The van der Waals surface area contributed by atoms with Crippen molar-refractivity contribution in [3.8, 4) is 6.07 Å². The molecule has 0 aliphatic heterocycles. The first-order chi connectivity index (χ1) is 6.76. The molecule has 1 nitrogen and oxygen atoms in total. The third-order valence-corrected chi connectivity index (χ3v) is 3.92. The molecule has 70 valence electrons. The molecule has 0 bridgehead atoms. The third kappa shape index (κ3) is 1.45. The normalized spacial score (nSPS) is 10.4. The molecule has 0 aliphatic rings. The molecule has 2 rings (SSSR count). The van der Waals surface area contributed by atoms with E-state index in [1.54, 1.807) is 11.3 Å². The number of aryl methyl sites for hydroxylation is 1. The molecule has 1 heterocycles. The third-order valence-electron chi connectivity index (χ3n) is 2.26. The van der Waals surface area contributed by atoms with Crippen molar-refractivity contribution in [3.63, 3.8) is 0 Å². The topological polar surface area (TPSA) is 23.8 Å². The Morgan fingerprint density at radius 3 is 2.93 bits per heavy atom. The van der Waals surface area contributed by atoms with E-state index in [2.05, 4.69) is 40.4 Å². The Morgan fingerprint density at radius 1 is 1.50 bits per heavy atom. The van der Waals surface area contributed by atoms with Crippen LogP contribution in [0.5, 0.6) is 0 Å². The molecule has 14 heavy (non-hydrogen) atoms. The van der Waals surface area contributed by atoms with Gasteiger partial charge in [-0.25, -0.2) is 0 Å². The maximum absolute atomic E-state index is 8.95. The minimum Gasteiger partial charge on any atom is -0.192 e. The summed E-state index contributed by atoms with van der Waals surface area (Å²) in [5, 5.41) is 13.1. The summed E-state index contributed by atoms with van der Waals surface area (Å²) >= 11 is 5.10. The summed E-state index contributed by atoms with van der Waals surface area (Å²) in [6.45, 7) is 2.10. The van der Waals surface area contributed by atoms with Gasteiger partial charge in [0.05, 0.1) is 11.6 Å². The van der Waals surface area contributed by atoms with Crippen LogP contribution in [0, 0.1) is 18.3 Å². The van der Waals surface area contributed by atoms with Gasteiger partial charge >= 0.3 is 0 Å². The van der Waals surface area contributed by atoms with E-state index in [-0.39, 0.29) is 0 Å². The SMILES string of the molecule is Cc1csc2cc(C#N)c(CBr)cc12. The molecule has 0 N–H and O–H groups in total. The lowest BCUT2D eigenvalue weighted by Gasteiger charge is -2.00. The van der Waals surface area contributed by atoms with Crippen molar-refractivity contribution in [3.05, 3.63) is 34.2 Å². The molecule has 0 atom stereocenters. The summed E-state index contributed by atoms with van der Waals surface area (Å²) in [6, 6.07) is 6.31. The van der Waals surface area contributed by atoms with Crippen molar-refractivity contribution in [2.75, 3.05) is 0 Å². The molecule has 0 aliphatic carbocycles. The van der Waals surface area contributed by atoms with Gasteiger partial charge in [-0.1, -0.05) is 15.9 Å². The molecule has 1 aromatic carbocycles. The van der Waals surface area contributed by atoms with Crippen LogP contribution in [0.2, 0.25) is 0 Å². The van der Waals surface area contributed by atoms with Crippen molar-refractivity contribution in [1.82, 2.24) is 0 Å². The van der Waals surface area contributed by atoms with E-state index < -0.39 is 0 Å². The fourth-order valence-corrected chi connectivity index (χ4v) is 2.89. The van der Waals surface area contributed by atoms with Crippen molar-refractivity contribution in [1.29, 1.82) is 5.26 Å². The quantitative estimate of drug-likeness (QED) is 0.716. The number of hydrogen-bond acceptors (Lipinski definition) is 2. The first-order valence-electron chi connectivity index (χ1n) is 4.23. The maximum Gasteiger partial charge on any atom is 0.0995 e. The van der Waals surface area contributed by atoms with Gasteiger partial charge in [-0.15, -0.1) is 11.3 Å². The van der Waals surface area contributed by atoms with Crippen LogP contribution in [-0.2, 0) is 5.33 Å². The number of halogens is 1. The molecule has 0 saturated carbocycles. The van der Waals surface area contributed by atoms with Crippen molar-refractivity contribution in [2.24, 2.45) is 0 Å². The van der Waals surface area contributed by atoms with Crippen LogP contribution < -0.4 is 0 Å². The van der Waals surface area contributed by atoms with Crippen LogP contribution in [-0.4, -0.2) is 0 Å². The molecule has 0 saturated heterocycles. The number of thiophene rings is 1. The Labute approximate surface area is 95.1 Å². The molecule has 0 unspecified atom stereocenters. The smallest absolute Gasteiger partial charge is 0.0995 e. The molecule has 3 heteroatoms. The van der Waals surface area contributed by atoms with E-state index in [0.717, 1.165) is 16.5 Å². The van der Waals surface area contributed by atoms with Crippen LogP contribution in [0.15, 0.2) is 17.5 Å². The summed E-state index contributed by atoms with van der Waals surface area (Å²) in [6.07, 6.45) is 0. The van der Waals surface area contributed by atoms with Crippen LogP contribution in [0.3, 0.4) is 0 Å². The average molecular weight is 266 g/mol. The van der Waals surface area contributed by atoms with Gasteiger partial charge < -0.3 is 0 Å². The van der Waals surface area contributed by atoms with E-state index in [1.807, 2.05) is 6.07 Å². The van der Waals surface area contributed by atoms with Crippen LogP contribution in [0.1, 0.15) is 16.7 Å². The molecular formula is C11H8BrNS. The summed E-state index contributed by atoms with van der Waals surface area (Å²) in [4.78, 5) is 0. The Hall–Kier alpha value is -0.850. The molecule has 2 aromatic rings. The lowest BCUT2D eigenvalue weighted by molar-refractivity contribution is 1.39. The van der Waals surface area contributed by atoms with Crippen molar-refractivity contribution in [2.45, 2.75) is 12.3 Å². The number of rotatable bonds is 1. The number of nitriles is 1. The van der Waals surface area contributed by atoms with Gasteiger partial charge in [-0.2, -0.15) is 5.26 Å². The number of benzene rings is 1. The second kappa shape index (κ2) is 3.72. The Morgan fingerprint density at radius 2 is 2.29 bits per heavy atom. The lowest BCUT2D eigenvalue weighted by atomic mass is 10.1. The Balaban J connectivity index is 2.79. The summed E-state index contributed by atoms with van der Waals surface area (Å²) in [7, 11) is 0. The second-order valence-electron chi connectivity index (χ2n) is 3.17. The second-order valence-corrected chi connectivity index (χ2v) is 4.64. The van der Waals surface area contributed by atoms with Gasteiger partial charge in [0.1, 0.15) is 0 Å². The van der Waals surface area contributed by atoms with Crippen molar-refractivity contribution < 1.29 is 0 Å². The molecule has 1 aromatic heterocycles. The predicted octanol–water partition coefficient (Wildman–Crippen LogP) is 3.98. The van der Waals surface area contributed by atoms with E-state index in [0.29, 0.717) is 0 Å². The molecule has 0 radical (unpaired) electrons. The minimum absolute atomic E-state index is 0.737. The lowest BCUT2D eigenvalue weighted by Crippen LogP contribution is -1.85. The van der Waals surface area contributed by atoms with E-state index in [1.165, 1.54) is 15.6 Å². The highest BCUT2D eigenvalue weighted by Gasteiger charge is 2.06. The van der Waals surface area contributed by atoms with Crippen LogP contribution >= 0.6 is 27.3 Å². The average Bonchev–Trinajstić information content (AvgIpc) is 2.58. The Kier molecular flexibility index (Phi) is 2.58. The largest absolute Gasteiger partial charge is 0.192 e. The van der Waals surface area contributed by atoms with Gasteiger partial charge in [0.2, 0.25) is 0 Å². The van der Waals surface area contributed by atoms with Gasteiger partial charge in [0.15, 0.2) is 0 Å². The highest BCUT2D eigenvalue weighted by atomic mass is 79.9. The molecule has 0 fully saturated rings. The molecule has 0 amide bonds. The zero-order chi connectivity index (χ0) is 10.1. The van der Waals surface area contributed by atoms with E-state index in [4.69, 9.17) is 5.26 Å². The zero-order valence-electron chi connectivity index (χ0n) is 7.67.